The second-order valence-corrected chi connectivity index (χ2v) is 7.55. The number of sulfonamides is 1. The van der Waals surface area contributed by atoms with Crippen LogP contribution in [-0.4, -0.2) is 50.4 Å². The summed E-state index contributed by atoms with van der Waals surface area (Å²) >= 11 is 0. The number of benzene rings is 1. The number of methoxy groups -OCH3 is 1. The first-order chi connectivity index (χ1) is 11.4. The molecular formula is C15H24ClN3O5S. The molecule has 0 aliphatic carbocycles. The largest absolute Gasteiger partial charge is 0.495 e. The van der Waals surface area contributed by atoms with Crippen molar-refractivity contribution in [1.29, 1.82) is 0 Å². The monoisotopic (exact) mass is 393 g/mol. The number of nitrogens with one attached hydrogen (secondary N) is 1. The quantitative estimate of drug-likeness (QED) is 0.562. The van der Waals surface area contributed by atoms with E-state index in [4.69, 9.17) is 4.74 Å². The molecule has 2 rings (SSSR count). The number of hydrogen-bond donors (Lipinski definition) is 1. The summed E-state index contributed by atoms with van der Waals surface area (Å²) in [5.74, 6) is 0.121. The van der Waals surface area contributed by atoms with Crippen LogP contribution in [0.3, 0.4) is 0 Å². The Morgan fingerprint density at radius 2 is 2.00 bits per heavy atom. The van der Waals surface area contributed by atoms with E-state index in [0.29, 0.717) is 13.0 Å². The highest BCUT2D eigenvalue weighted by molar-refractivity contribution is 7.89. The molecule has 10 heteroatoms. The molecule has 0 amide bonds. The molecule has 1 fully saturated rings. The van der Waals surface area contributed by atoms with Crippen molar-refractivity contribution in [3.63, 3.8) is 0 Å². The van der Waals surface area contributed by atoms with Crippen molar-refractivity contribution in [2.45, 2.75) is 37.1 Å². The fourth-order valence-electron chi connectivity index (χ4n) is 2.92. The highest BCUT2D eigenvalue weighted by Crippen LogP contribution is 2.32. The third-order valence-electron chi connectivity index (χ3n) is 4.10. The summed E-state index contributed by atoms with van der Waals surface area (Å²) in [6.07, 6.45) is 2.10. The van der Waals surface area contributed by atoms with Gasteiger partial charge in [0.15, 0.2) is 0 Å². The van der Waals surface area contributed by atoms with Gasteiger partial charge in [0.25, 0.3) is 5.69 Å². The van der Waals surface area contributed by atoms with Gasteiger partial charge in [0.1, 0.15) is 10.6 Å². The Balaban J connectivity index is 0.00000312. The minimum absolute atomic E-state index is 0. The summed E-state index contributed by atoms with van der Waals surface area (Å²) in [4.78, 5) is 10.3. The predicted octanol–water partition coefficient (Wildman–Crippen LogP) is 2.18. The smallest absolute Gasteiger partial charge is 0.271 e. The molecule has 1 aliphatic rings. The maximum absolute atomic E-state index is 13.2. The molecule has 1 aromatic carbocycles. The van der Waals surface area contributed by atoms with E-state index in [1.807, 2.05) is 6.92 Å². The molecule has 0 saturated carbocycles. The lowest BCUT2D eigenvalue weighted by Crippen LogP contribution is -2.46. The first-order valence-electron chi connectivity index (χ1n) is 7.96. The van der Waals surface area contributed by atoms with Gasteiger partial charge in [-0.05, 0) is 38.4 Å². The maximum Gasteiger partial charge on any atom is 0.271 e. The SMILES string of the molecule is CCCN(C1CCNCC1)S(=O)(=O)c1cc([N+](=O)[O-])ccc1OC.Cl. The van der Waals surface area contributed by atoms with E-state index >= 15 is 0 Å². The molecule has 0 spiro atoms. The summed E-state index contributed by atoms with van der Waals surface area (Å²) in [5, 5.41) is 14.2. The number of nitro benzene ring substituents is 1. The van der Waals surface area contributed by atoms with Crippen LogP contribution in [0.25, 0.3) is 0 Å². The first-order valence-corrected chi connectivity index (χ1v) is 9.40. The van der Waals surface area contributed by atoms with Gasteiger partial charge in [0.05, 0.1) is 12.0 Å². The van der Waals surface area contributed by atoms with Crippen LogP contribution in [0.15, 0.2) is 23.1 Å². The first kappa shape index (κ1) is 21.6. The van der Waals surface area contributed by atoms with Crippen molar-refractivity contribution >= 4 is 28.1 Å². The molecule has 1 saturated heterocycles. The number of nitro groups is 1. The Kier molecular flexibility index (Phi) is 8.07. The van der Waals surface area contributed by atoms with E-state index in [1.54, 1.807) is 0 Å². The fourth-order valence-corrected chi connectivity index (χ4v) is 4.88. The second-order valence-electron chi connectivity index (χ2n) is 5.69. The van der Waals surface area contributed by atoms with Gasteiger partial charge in [-0.15, -0.1) is 12.4 Å². The predicted molar refractivity (Wildman–Crippen MR) is 97.0 cm³/mol. The van der Waals surface area contributed by atoms with Crippen LogP contribution in [-0.2, 0) is 10.0 Å². The highest BCUT2D eigenvalue weighted by atomic mass is 35.5. The molecule has 0 radical (unpaired) electrons. The normalized spacial score (nSPS) is 15.6. The van der Waals surface area contributed by atoms with E-state index < -0.39 is 14.9 Å². The Labute approximate surface area is 154 Å². The molecule has 25 heavy (non-hydrogen) atoms. The molecule has 0 unspecified atom stereocenters. The van der Waals surface area contributed by atoms with Gasteiger partial charge in [0.2, 0.25) is 10.0 Å². The summed E-state index contributed by atoms with van der Waals surface area (Å²) < 4.78 is 33.0. The lowest BCUT2D eigenvalue weighted by molar-refractivity contribution is -0.385. The van der Waals surface area contributed by atoms with Gasteiger partial charge >= 0.3 is 0 Å². The zero-order valence-electron chi connectivity index (χ0n) is 14.3. The molecule has 1 heterocycles. The van der Waals surface area contributed by atoms with E-state index in [-0.39, 0.29) is 34.8 Å². The molecule has 0 aromatic heterocycles. The topological polar surface area (TPSA) is 102 Å². The zero-order chi connectivity index (χ0) is 17.7. The Hall–Kier alpha value is -1.42. The third-order valence-corrected chi connectivity index (χ3v) is 6.08. The van der Waals surface area contributed by atoms with Gasteiger partial charge in [0, 0.05) is 24.7 Å². The van der Waals surface area contributed by atoms with Crippen LogP contribution < -0.4 is 10.1 Å². The van der Waals surface area contributed by atoms with Gasteiger partial charge in [-0.2, -0.15) is 4.31 Å². The molecule has 0 atom stereocenters. The van der Waals surface area contributed by atoms with Gasteiger partial charge in [-0.25, -0.2) is 8.42 Å². The average Bonchev–Trinajstić information content (AvgIpc) is 2.59. The average molecular weight is 394 g/mol. The molecule has 0 bridgehead atoms. The lowest BCUT2D eigenvalue weighted by Gasteiger charge is -2.33. The minimum Gasteiger partial charge on any atom is -0.495 e. The van der Waals surface area contributed by atoms with E-state index in [1.165, 1.54) is 23.5 Å². The molecular weight excluding hydrogens is 370 g/mol. The van der Waals surface area contributed by atoms with Gasteiger partial charge in [-0.1, -0.05) is 6.92 Å². The number of rotatable bonds is 7. The van der Waals surface area contributed by atoms with E-state index in [0.717, 1.165) is 32.0 Å². The van der Waals surface area contributed by atoms with Crippen LogP contribution in [0.2, 0.25) is 0 Å². The maximum atomic E-state index is 13.2. The number of piperidine rings is 1. The van der Waals surface area contributed by atoms with Crippen LogP contribution >= 0.6 is 12.4 Å². The minimum atomic E-state index is -3.89. The number of halogens is 1. The standard InChI is InChI=1S/C15H23N3O5S.ClH/c1-3-10-17(12-6-8-16-9-7-12)24(21,22)15-11-13(18(19)20)4-5-14(15)23-2;/h4-5,11-12,16H,3,6-10H2,1-2H3;1H. The number of non-ortho nitro benzene ring substituents is 1. The van der Waals surface area contributed by atoms with Crippen molar-refractivity contribution in [1.82, 2.24) is 9.62 Å². The Morgan fingerprint density at radius 3 is 2.52 bits per heavy atom. The molecule has 1 N–H and O–H groups in total. The molecule has 1 aliphatic heterocycles. The fraction of sp³-hybridized carbons (Fsp3) is 0.600. The van der Waals surface area contributed by atoms with Gasteiger partial charge < -0.3 is 10.1 Å². The van der Waals surface area contributed by atoms with Crippen molar-refractivity contribution < 1.29 is 18.1 Å². The summed E-state index contributed by atoms with van der Waals surface area (Å²) in [6, 6.07) is 3.54. The van der Waals surface area contributed by atoms with Crippen LogP contribution in [0.1, 0.15) is 26.2 Å². The number of ether oxygens (including phenoxy) is 1. The highest BCUT2D eigenvalue weighted by Gasteiger charge is 2.34. The van der Waals surface area contributed by atoms with E-state index in [9.17, 15) is 18.5 Å². The van der Waals surface area contributed by atoms with Crippen molar-refractivity contribution in [3.05, 3.63) is 28.3 Å². The summed E-state index contributed by atoms with van der Waals surface area (Å²) in [5.41, 5.74) is -0.267. The number of nitrogens with zero attached hydrogens (tertiary/aromatic N) is 2. The summed E-state index contributed by atoms with van der Waals surface area (Å²) in [7, 11) is -2.53. The number of hydrogen-bond acceptors (Lipinski definition) is 6. The van der Waals surface area contributed by atoms with Crippen LogP contribution in [0.5, 0.6) is 5.75 Å². The van der Waals surface area contributed by atoms with Crippen LogP contribution in [0.4, 0.5) is 5.69 Å². The molecule has 8 nitrogen and oxygen atoms in total. The Morgan fingerprint density at radius 1 is 1.36 bits per heavy atom. The lowest BCUT2D eigenvalue weighted by atomic mass is 10.1. The Bertz CT molecular complexity index is 692. The van der Waals surface area contributed by atoms with Crippen molar-refractivity contribution in [2.75, 3.05) is 26.7 Å². The molecule has 1 aromatic rings. The van der Waals surface area contributed by atoms with Crippen molar-refractivity contribution in [2.24, 2.45) is 0 Å². The second kappa shape index (κ2) is 9.33. The molecule has 142 valence electrons. The van der Waals surface area contributed by atoms with Gasteiger partial charge in [-0.3, -0.25) is 10.1 Å². The summed E-state index contributed by atoms with van der Waals surface area (Å²) in [6.45, 7) is 3.80. The third kappa shape index (κ3) is 4.81. The van der Waals surface area contributed by atoms with E-state index in [2.05, 4.69) is 5.32 Å². The van der Waals surface area contributed by atoms with Crippen LogP contribution in [0, 0.1) is 10.1 Å². The zero-order valence-corrected chi connectivity index (χ0v) is 15.9. The van der Waals surface area contributed by atoms with Crippen molar-refractivity contribution in [3.8, 4) is 5.75 Å².